The predicted molar refractivity (Wildman–Crippen MR) is 78.0 cm³/mol. The van der Waals surface area contributed by atoms with Crippen LogP contribution in [0.25, 0.3) is 10.2 Å². The molecule has 0 saturated heterocycles. The van der Waals surface area contributed by atoms with Gasteiger partial charge in [-0.25, -0.2) is 0 Å². The number of fused-ring (bicyclic) bond motifs is 1. The number of hydrogen-bond donors (Lipinski definition) is 0. The molecule has 0 unspecified atom stereocenters. The van der Waals surface area contributed by atoms with Crippen molar-refractivity contribution in [1.29, 1.82) is 0 Å². The largest absolute Gasteiger partial charge is 0.480 e. The zero-order valence-electron chi connectivity index (χ0n) is 12.2. The highest BCUT2D eigenvalue weighted by molar-refractivity contribution is 7.17. The first kappa shape index (κ1) is 16.6. The van der Waals surface area contributed by atoms with Gasteiger partial charge in [-0.3, -0.25) is 0 Å². The van der Waals surface area contributed by atoms with E-state index in [0.717, 1.165) is 15.8 Å². The topological polar surface area (TPSA) is 44.2 Å². The molecule has 0 aliphatic heterocycles. The molecule has 2 rings (SSSR count). The van der Waals surface area contributed by atoms with Crippen LogP contribution in [0.4, 0.5) is 0 Å². The van der Waals surface area contributed by atoms with Crippen LogP contribution in [0.5, 0.6) is 11.9 Å². The summed E-state index contributed by atoms with van der Waals surface area (Å²) in [6.07, 6.45) is 0. The Morgan fingerprint density at radius 3 is 2.11 bits per heavy atom. The number of aryl methyl sites for hydroxylation is 1. The maximum Gasteiger partial charge on any atom is 0.320 e. The standard InChI is InChI=1S/C9H10N2O2S.2C2H6/c1-5-4-14-7-6(5)10-9(13-3)11-8(7)12-2;2*1-2/h4H,1-3H3;2*1-2H3. The Morgan fingerprint density at radius 1 is 1.00 bits per heavy atom. The molecule has 4 nitrogen and oxygen atoms in total. The molecule has 0 bridgehead atoms. The summed E-state index contributed by atoms with van der Waals surface area (Å²) < 4.78 is 11.1. The minimum atomic E-state index is 0.343. The summed E-state index contributed by atoms with van der Waals surface area (Å²) in [4.78, 5) is 8.36. The molecular formula is C13H22N2O2S. The molecule has 18 heavy (non-hydrogen) atoms. The smallest absolute Gasteiger partial charge is 0.320 e. The Kier molecular flexibility index (Phi) is 8.03. The minimum Gasteiger partial charge on any atom is -0.480 e. The van der Waals surface area contributed by atoms with Crippen LogP contribution < -0.4 is 9.47 Å². The first-order chi connectivity index (χ1) is 8.76. The van der Waals surface area contributed by atoms with Crippen molar-refractivity contribution in [3.05, 3.63) is 10.9 Å². The zero-order valence-corrected chi connectivity index (χ0v) is 13.0. The predicted octanol–water partition coefficient (Wildman–Crippen LogP) is 4.07. The van der Waals surface area contributed by atoms with E-state index in [0.29, 0.717) is 11.9 Å². The second-order valence-electron chi connectivity index (χ2n) is 2.82. The van der Waals surface area contributed by atoms with Crippen LogP contribution in [0.2, 0.25) is 0 Å². The molecule has 2 heterocycles. The molecule has 2 aromatic rings. The summed E-state index contributed by atoms with van der Waals surface area (Å²) in [5.74, 6) is 0.574. The van der Waals surface area contributed by atoms with Gasteiger partial charge in [0, 0.05) is 0 Å². The number of aromatic nitrogens is 2. The summed E-state index contributed by atoms with van der Waals surface area (Å²) in [6.45, 7) is 10.0. The summed E-state index contributed by atoms with van der Waals surface area (Å²) >= 11 is 1.58. The van der Waals surface area contributed by atoms with Gasteiger partial charge in [0.2, 0.25) is 5.88 Å². The Hall–Kier alpha value is -1.36. The van der Waals surface area contributed by atoms with Gasteiger partial charge in [-0.05, 0) is 17.9 Å². The molecule has 102 valence electrons. The monoisotopic (exact) mass is 270 g/mol. The third-order valence-electron chi connectivity index (χ3n) is 1.92. The van der Waals surface area contributed by atoms with Gasteiger partial charge < -0.3 is 9.47 Å². The lowest BCUT2D eigenvalue weighted by molar-refractivity contribution is 0.357. The normalized spacial score (nSPS) is 8.83. The molecule has 0 fully saturated rings. The average Bonchev–Trinajstić information content (AvgIpc) is 2.84. The molecular weight excluding hydrogens is 248 g/mol. The van der Waals surface area contributed by atoms with E-state index < -0.39 is 0 Å². The fourth-order valence-corrected chi connectivity index (χ4v) is 2.17. The van der Waals surface area contributed by atoms with Crippen LogP contribution in [0.15, 0.2) is 5.38 Å². The second kappa shape index (κ2) is 8.69. The number of thiophene rings is 1. The average molecular weight is 270 g/mol. The van der Waals surface area contributed by atoms with Gasteiger partial charge in [0.1, 0.15) is 4.70 Å². The van der Waals surface area contributed by atoms with Crippen molar-refractivity contribution in [3.8, 4) is 11.9 Å². The van der Waals surface area contributed by atoms with Gasteiger partial charge in [-0.2, -0.15) is 9.97 Å². The van der Waals surface area contributed by atoms with Crippen molar-refractivity contribution in [2.45, 2.75) is 34.6 Å². The van der Waals surface area contributed by atoms with Crippen molar-refractivity contribution in [2.75, 3.05) is 14.2 Å². The SMILES string of the molecule is CC.CC.COc1nc(OC)c2scc(C)c2n1. The highest BCUT2D eigenvalue weighted by Gasteiger charge is 2.11. The van der Waals surface area contributed by atoms with E-state index >= 15 is 0 Å². The van der Waals surface area contributed by atoms with Crippen LogP contribution in [0, 0.1) is 6.92 Å². The molecule has 0 aliphatic rings. The number of methoxy groups -OCH3 is 2. The Balaban J connectivity index is 0.000000659. The van der Waals surface area contributed by atoms with Gasteiger partial charge in [0.15, 0.2) is 0 Å². The third-order valence-corrected chi connectivity index (χ3v) is 2.99. The number of hydrogen-bond acceptors (Lipinski definition) is 5. The van der Waals surface area contributed by atoms with E-state index in [1.807, 2.05) is 40.0 Å². The van der Waals surface area contributed by atoms with E-state index in [1.165, 1.54) is 0 Å². The van der Waals surface area contributed by atoms with Crippen molar-refractivity contribution in [2.24, 2.45) is 0 Å². The first-order valence-corrected chi connectivity index (χ1v) is 6.98. The van der Waals surface area contributed by atoms with Crippen LogP contribution >= 0.6 is 11.3 Å². The molecule has 0 N–H and O–H groups in total. The summed E-state index contributed by atoms with van der Waals surface area (Å²) in [7, 11) is 3.14. The Labute approximate surface area is 113 Å². The molecule has 0 amide bonds. The zero-order chi connectivity index (χ0) is 14.1. The van der Waals surface area contributed by atoms with E-state index in [-0.39, 0.29) is 0 Å². The molecule has 0 aliphatic carbocycles. The quantitative estimate of drug-likeness (QED) is 0.825. The molecule has 0 aromatic carbocycles. The summed E-state index contributed by atoms with van der Waals surface area (Å²) in [6, 6.07) is 0.343. The lowest BCUT2D eigenvalue weighted by Gasteiger charge is -2.02. The first-order valence-electron chi connectivity index (χ1n) is 6.10. The van der Waals surface area contributed by atoms with Gasteiger partial charge >= 0.3 is 6.01 Å². The van der Waals surface area contributed by atoms with Gasteiger partial charge in [0.05, 0.1) is 19.7 Å². The van der Waals surface area contributed by atoms with Crippen molar-refractivity contribution < 1.29 is 9.47 Å². The van der Waals surface area contributed by atoms with Gasteiger partial charge in [-0.1, -0.05) is 27.7 Å². The number of rotatable bonds is 2. The maximum atomic E-state index is 5.16. The highest BCUT2D eigenvalue weighted by Crippen LogP contribution is 2.31. The van der Waals surface area contributed by atoms with E-state index in [2.05, 4.69) is 9.97 Å². The van der Waals surface area contributed by atoms with Crippen LogP contribution in [0.3, 0.4) is 0 Å². The minimum absolute atomic E-state index is 0.343. The highest BCUT2D eigenvalue weighted by atomic mass is 32.1. The summed E-state index contributed by atoms with van der Waals surface area (Å²) in [5, 5.41) is 2.03. The lowest BCUT2D eigenvalue weighted by Crippen LogP contribution is -1.95. The molecule has 0 saturated carbocycles. The van der Waals surface area contributed by atoms with Crippen molar-refractivity contribution >= 4 is 21.6 Å². The Morgan fingerprint density at radius 2 is 1.61 bits per heavy atom. The third kappa shape index (κ3) is 3.57. The van der Waals surface area contributed by atoms with Gasteiger partial charge in [0.25, 0.3) is 0 Å². The molecule has 0 radical (unpaired) electrons. The van der Waals surface area contributed by atoms with Crippen LogP contribution in [-0.4, -0.2) is 24.2 Å². The van der Waals surface area contributed by atoms with E-state index in [1.54, 1.807) is 25.6 Å². The van der Waals surface area contributed by atoms with Crippen LogP contribution in [-0.2, 0) is 0 Å². The number of nitrogens with zero attached hydrogens (tertiary/aromatic N) is 2. The fraction of sp³-hybridized carbons (Fsp3) is 0.538. The van der Waals surface area contributed by atoms with Crippen molar-refractivity contribution in [1.82, 2.24) is 9.97 Å². The second-order valence-corrected chi connectivity index (χ2v) is 3.70. The van der Waals surface area contributed by atoms with Crippen molar-refractivity contribution in [3.63, 3.8) is 0 Å². The Bertz CT molecular complexity index is 469. The fourth-order valence-electron chi connectivity index (χ4n) is 1.22. The maximum absolute atomic E-state index is 5.16. The van der Waals surface area contributed by atoms with Crippen LogP contribution in [0.1, 0.15) is 33.3 Å². The summed E-state index contributed by atoms with van der Waals surface area (Å²) in [5.41, 5.74) is 2.02. The molecule has 5 heteroatoms. The molecule has 0 atom stereocenters. The molecule has 0 spiro atoms. The van der Waals surface area contributed by atoms with E-state index in [9.17, 15) is 0 Å². The lowest BCUT2D eigenvalue weighted by atomic mass is 10.3. The van der Waals surface area contributed by atoms with Gasteiger partial charge in [-0.15, -0.1) is 11.3 Å². The van der Waals surface area contributed by atoms with E-state index in [4.69, 9.17) is 9.47 Å². The molecule has 2 aromatic heterocycles. The number of ether oxygens (including phenoxy) is 2.